The second-order valence-electron chi connectivity index (χ2n) is 5.53. The van der Waals surface area contributed by atoms with Gasteiger partial charge in [-0.05, 0) is 18.2 Å². The number of nitrogens with zero attached hydrogens (tertiary/aromatic N) is 2. The van der Waals surface area contributed by atoms with Crippen molar-refractivity contribution in [3.63, 3.8) is 0 Å². The molecule has 0 saturated heterocycles. The highest BCUT2D eigenvalue weighted by Crippen LogP contribution is 2.26. The van der Waals surface area contributed by atoms with Crippen molar-refractivity contribution in [1.82, 2.24) is 4.90 Å². The van der Waals surface area contributed by atoms with Crippen molar-refractivity contribution in [2.24, 2.45) is 0 Å². The fraction of sp³-hybridized carbons (Fsp3) is 0.316. The molecular weight excluding hydrogens is 323 g/mol. The summed E-state index contributed by atoms with van der Waals surface area (Å²) in [7, 11) is 3.16. The topological polar surface area (TPSA) is 65.7 Å². The third-order valence-corrected chi connectivity index (χ3v) is 3.88. The standard InChI is InChI=1S/C19H21FN2O3/c1-24-17-6-5-16(19(10-17)25-2)13-22(7-8-23)12-15-4-3-14(11-21)9-18(15)20/h3-6,9-10,23H,7-8,12-13H2,1-2H3. The average Bonchev–Trinajstić information content (AvgIpc) is 2.63. The van der Waals surface area contributed by atoms with E-state index in [1.807, 2.05) is 23.1 Å². The fourth-order valence-corrected chi connectivity index (χ4v) is 2.56. The largest absolute Gasteiger partial charge is 0.497 e. The van der Waals surface area contributed by atoms with Crippen LogP contribution in [0, 0.1) is 17.1 Å². The van der Waals surface area contributed by atoms with Gasteiger partial charge in [0.05, 0.1) is 32.5 Å². The highest BCUT2D eigenvalue weighted by Gasteiger charge is 2.14. The predicted molar refractivity (Wildman–Crippen MR) is 91.9 cm³/mol. The third kappa shape index (κ3) is 4.92. The molecule has 0 aliphatic carbocycles. The number of benzene rings is 2. The monoisotopic (exact) mass is 344 g/mol. The van der Waals surface area contributed by atoms with Crippen LogP contribution in [-0.2, 0) is 13.1 Å². The highest BCUT2D eigenvalue weighted by molar-refractivity contribution is 5.40. The first-order chi connectivity index (χ1) is 12.1. The summed E-state index contributed by atoms with van der Waals surface area (Å²) in [5, 5.41) is 18.2. The van der Waals surface area contributed by atoms with Crippen LogP contribution in [0.15, 0.2) is 36.4 Å². The van der Waals surface area contributed by atoms with Crippen molar-refractivity contribution in [3.05, 3.63) is 58.9 Å². The lowest BCUT2D eigenvalue weighted by molar-refractivity contribution is 0.181. The summed E-state index contributed by atoms with van der Waals surface area (Å²) in [6.45, 7) is 1.13. The molecule has 0 aliphatic heterocycles. The molecule has 0 saturated carbocycles. The predicted octanol–water partition coefficient (Wildman–Crippen LogP) is 2.71. The molecule has 1 N–H and O–H groups in total. The normalized spacial score (nSPS) is 10.6. The third-order valence-electron chi connectivity index (χ3n) is 3.88. The lowest BCUT2D eigenvalue weighted by Gasteiger charge is -2.23. The number of hydrogen-bond donors (Lipinski definition) is 1. The van der Waals surface area contributed by atoms with E-state index < -0.39 is 5.82 Å². The van der Waals surface area contributed by atoms with Gasteiger partial charge in [0.1, 0.15) is 17.3 Å². The van der Waals surface area contributed by atoms with Crippen LogP contribution in [0.2, 0.25) is 0 Å². The minimum Gasteiger partial charge on any atom is -0.497 e. The molecule has 0 radical (unpaired) electrons. The molecule has 0 spiro atoms. The molecule has 0 aromatic heterocycles. The summed E-state index contributed by atoms with van der Waals surface area (Å²) < 4.78 is 24.7. The van der Waals surface area contributed by atoms with Crippen LogP contribution in [0.3, 0.4) is 0 Å². The number of halogens is 1. The molecule has 2 aromatic rings. The molecule has 25 heavy (non-hydrogen) atoms. The van der Waals surface area contributed by atoms with Crippen molar-refractivity contribution in [3.8, 4) is 17.6 Å². The Balaban J connectivity index is 2.20. The number of nitriles is 1. The first-order valence-electron chi connectivity index (χ1n) is 7.84. The SMILES string of the molecule is COc1ccc(CN(CCO)Cc2ccc(C#N)cc2F)c(OC)c1. The minimum atomic E-state index is -0.427. The molecule has 0 heterocycles. The summed E-state index contributed by atoms with van der Waals surface area (Å²) in [5.74, 6) is 0.929. The first kappa shape index (κ1) is 18.7. The number of hydrogen-bond acceptors (Lipinski definition) is 5. The maximum absolute atomic E-state index is 14.1. The van der Waals surface area contributed by atoms with Gasteiger partial charge < -0.3 is 14.6 Å². The summed E-state index contributed by atoms with van der Waals surface area (Å²) in [4.78, 5) is 1.91. The van der Waals surface area contributed by atoms with Gasteiger partial charge in [0.15, 0.2) is 0 Å². The molecule has 5 nitrogen and oxygen atoms in total. The van der Waals surface area contributed by atoms with Crippen molar-refractivity contribution < 1.29 is 19.0 Å². The molecule has 132 valence electrons. The molecule has 0 bridgehead atoms. The van der Waals surface area contributed by atoms with Crippen molar-refractivity contribution in [2.75, 3.05) is 27.4 Å². The average molecular weight is 344 g/mol. The van der Waals surface area contributed by atoms with Crippen molar-refractivity contribution >= 4 is 0 Å². The van der Waals surface area contributed by atoms with Crippen LogP contribution in [0.1, 0.15) is 16.7 Å². The Morgan fingerprint density at radius 2 is 1.80 bits per heavy atom. The number of ether oxygens (including phenoxy) is 2. The quantitative estimate of drug-likeness (QED) is 0.798. The zero-order valence-corrected chi connectivity index (χ0v) is 14.3. The molecule has 0 fully saturated rings. The summed E-state index contributed by atoms with van der Waals surface area (Å²) in [6.07, 6.45) is 0. The number of aliphatic hydroxyl groups excluding tert-OH is 1. The van der Waals surface area contributed by atoms with E-state index in [4.69, 9.17) is 14.7 Å². The number of rotatable bonds is 8. The van der Waals surface area contributed by atoms with Crippen LogP contribution >= 0.6 is 0 Å². The number of methoxy groups -OCH3 is 2. The second-order valence-corrected chi connectivity index (χ2v) is 5.53. The van der Waals surface area contributed by atoms with Gasteiger partial charge in [0.25, 0.3) is 0 Å². The van der Waals surface area contributed by atoms with E-state index in [9.17, 15) is 9.50 Å². The zero-order chi connectivity index (χ0) is 18.2. The summed E-state index contributed by atoms with van der Waals surface area (Å²) >= 11 is 0. The van der Waals surface area contributed by atoms with Crippen molar-refractivity contribution in [2.45, 2.75) is 13.1 Å². The van der Waals surface area contributed by atoms with E-state index in [0.29, 0.717) is 36.7 Å². The molecule has 2 aromatic carbocycles. The Morgan fingerprint density at radius 1 is 1.08 bits per heavy atom. The Morgan fingerprint density at radius 3 is 2.40 bits per heavy atom. The van der Waals surface area contributed by atoms with Crippen LogP contribution in [0.25, 0.3) is 0 Å². The molecule has 0 aliphatic rings. The van der Waals surface area contributed by atoms with Gasteiger partial charge in [0.2, 0.25) is 0 Å². The Hall–Kier alpha value is -2.62. The van der Waals surface area contributed by atoms with E-state index in [1.54, 1.807) is 32.4 Å². The lowest BCUT2D eigenvalue weighted by atomic mass is 10.1. The maximum atomic E-state index is 14.1. The Bertz CT molecular complexity index is 759. The lowest BCUT2D eigenvalue weighted by Crippen LogP contribution is -2.26. The first-order valence-corrected chi connectivity index (χ1v) is 7.84. The zero-order valence-electron chi connectivity index (χ0n) is 14.3. The van der Waals surface area contributed by atoms with E-state index in [-0.39, 0.29) is 12.2 Å². The number of aliphatic hydroxyl groups is 1. The van der Waals surface area contributed by atoms with Gasteiger partial charge >= 0.3 is 0 Å². The van der Waals surface area contributed by atoms with Gasteiger partial charge in [0, 0.05) is 36.8 Å². The minimum absolute atomic E-state index is 0.0453. The van der Waals surface area contributed by atoms with Crippen LogP contribution in [-0.4, -0.2) is 37.4 Å². The molecule has 6 heteroatoms. The highest BCUT2D eigenvalue weighted by atomic mass is 19.1. The second kappa shape index (κ2) is 9.02. The van der Waals surface area contributed by atoms with Gasteiger partial charge in [-0.3, -0.25) is 4.90 Å². The molecule has 0 atom stereocenters. The van der Waals surface area contributed by atoms with Crippen LogP contribution in [0.5, 0.6) is 11.5 Å². The van der Waals surface area contributed by atoms with E-state index in [0.717, 1.165) is 5.56 Å². The Labute approximate surface area is 146 Å². The molecule has 0 amide bonds. The summed E-state index contributed by atoms with van der Waals surface area (Å²) in [5.41, 5.74) is 1.66. The summed E-state index contributed by atoms with van der Waals surface area (Å²) in [6, 6.07) is 11.8. The molecule has 2 rings (SSSR count). The van der Waals surface area contributed by atoms with Gasteiger partial charge in [-0.15, -0.1) is 0 Å². The van der Waals surface area contributed by atoms with E-state index >= 15 is 0 Å². The fourth-order valence-electron chi connectivity index (χ4n) is 2.56. The van der Waals surface area contributed by atoms with Crippen molar-refractivity contribution in [1.29, 1.82) is 5.26 Å². The van der Waals surface area contributed by atoms with E-state index in [2.05, 4.69) is 0 Å². The molecular formula is C19H21FN2O3. The van der Waals surface area contributed by atoms with Crippen LogP contribution < -0.4 is 9.47 Å². The smallest absolute Gasteiger partial charge is 0.129 e. The maximum Gasteiger partial charge on any atom is 0.129 e. The molecule has 0 unspecified atom stereocenters. The van der Waals surface area contributed by atoms with Crippen LogP contribution in [0.4, 0.5) is 4.39 Å². The van der Waals surface area contributed by atoms with E-state index in [1.165, 1.54) is 6.07 Å². The van der Waals surface area contributed by atoms with Gasteiger partial charge in [-0.25, -0.2) is 4.39 Å². The Kier molecular flexibility index (Phi) is 6.75. The van der Waals surface area contributed by atoms with Gasteiger partial charge in [-0.2, -0.15) is 5.26 Å². The van der Waals surface area contributed by atoms with Gasteiger partial charge in [-0.1, -0.05) is 12.1 Å².